The van der Waals surface area contributed by atoms with E-state index >= 15 is 0 Å². The van der Waals surface area contributed by atoms with Gasteiger partial charge in [0.1, 0.15) is 0 Å². The Bertz CT molecular complexity index is 194. The van der Waals surface area contributed by atoms with Crippen LogP contribution in [0.3, 0.4) is 0 Å². The van der Waals surface area contributed by atoms with Gasteiger partial charge in [-0.1, -0.05) is 12.8 Å². The van der Waals surface area contributed by atoms with Gasteiger partial charge in [0, 0.05) is 20.0 Å². The molecule has 0 aromatic rings. The zero-order chi connectivity index (χ0) is 8.60. The van der Waals surface area contributed by atoms with E-state index in [1.807, 2.05) is 4.90 Å². The lowest BCUT2D eigenvalue weighted by molar-refractivity contribution is -0.128. The molecular weight excluding hydrogens is 150 g/mol. The minimum absolute atomic E-state index is 0.263. The van der Waals surface area contributed by atoms with Gasteiger partial charge in [0.2, 0.25) is 5.91 Å². The largest absolute Gasteiger partial charge is 0.342 e. The van der Waals surface area contributed by atoms with Gasteiger partial charge >= 0.3 is 0 Å². The Morgan fingerprint density at radius 1 is 1.25 bits per heavy atom. The molecule has 1 amide bonds. The Kier molecular flexibility index (Phi) is 1.85. The third-order valence-corrected chi connectivity index (χ3v) is 3.55. The molecule has 0 bridgehead atoms. The van der Waals surface area contributed by atoms with Crippen LogP contribution >= 0.6 is 0 Å². The molecule has 0 aromatic carbocycles. The molecule has 1 aliphatic heterocycles. The fraction of sp³-hybridized carbons (Fsp3) is 0.900. The first-order valence-electron chi connectivity index (χ1n) is 4.97. The summed E-state index contributed by atoms with van der Waals surface area (Å²) >= 11 is 0. The number of hydrogen-bond acceptors (Lipinski definition) is 1. The summed E-state index contributed by atoms with van der Waals surface area (Å²) in [5, 5.41) is 0. The molecule has 1 aliphatic carbocycles. The highest BCUT2D eigenvalue weighted by Gasteiger charge is 2.40. The van der Waals surface area contributed by atoms with E-state index in [0.29, 0.717) is 5.41 Å². The number of carbonyl (C=O) groups excluding carboxylic acids is 1. The third-order valence-electron chi connectivity index (χ3n) is 3.55. The van der Waals surface area contributed by atoms with Crippen molar-refractivity contribution >= 4 is 5.91 Å². The second-order valence-corrected chi connectivity index (χ2v) is 4.40. The van der Waals surface area contributed by atoms with E-state index in [1.54, 1.807) is 6.92 Å². The Labute approximate surface area is 73.9 Å². The molecule has 0 atom stereocenters. The van der Waals surface area contributed by atoms with Crippen LogP contribution < -0.4 is 0 Å². The molecule has 2 fully saturated rings. The molecule has 1 saturated heterocycles. The lowest BCUT2D eigenvalue weighted by Crippen LogP contribution is -2.28. The number of hydrogen-bond donors (Lipinski definition) is 0. The summed E-state index contributed by atoms with van der Waals surface area (Å²) in [5.74, 6) is 0.263. The van der Waals surface area contributed by atoms with Crippen LogP contribution in [0.25, 0.3) is 0 Å². The summed E-state index contributed by atoms with van der Waals surface area (Å²) in [6.07, 6.45) is 6.73. The monoisotopic (exact) mass is 167 g/mol. The molecule has 12 heavy (non-hydrogen) atoms. The fourth-order valence-corrected chi connectivity index (χ4v) is 2.74. The van der Waals surface area contributed by atoms with Crippen molar-refractivity contribution < 1.29 is 4.79 Å². The minimum atomic E-state index is 0.263. The molecule has 2 nitrogen and oxygen atoms in total. The number of nitrogens with zero attached hydrogens (tertiary/aromatic N) is 1. The lowest BCUT2D eigenvalue weighted by Gasteiger charge is -2.22. The first-order valence-corrected chi connectivity index (χ1v) is 4.97. The van der Waals surface area contributed by atoms with Gasteiger partial charge in [-0.15, -0.1) is 0 Å². The predicted molar refractivity (Wildman–Crippen MR) is 47.8 cm³/mol. The molecular formula is C10H17NO. The van der Waals surface area contributed by atoms with Gasteiger partial charge in [-0.3, -0.25) is 4.79 Å². The maximum atomic E-state index is 11.1. The topological polar surface area (TPSA) is 20.3 Å². The van der Waals surface area contributed by atoms with Gasteiger partial charge in [0.25, 0.3) is 0 Å². The van der Waals surface area contributed by atoms with Gasteiger partial charge < -0.3 is 4.90 Å². The summed E-state index contributed by atoms with van der Waals surface area (Å²) < 4.78 is 0. The van der Waals surface area contributed by atoms with E-state index in [-0.39, 0.29) is 5.91 Å². The normalized spacial score (nSPS) is 26.9. The lowest BCUT2D eigenvalue weighted by atomic mass is 9.86. The number of rotatable bonds is 0. The summed E-state index contributed by atoms with van der Waals surface area (Å²) in [4.78, 5) is 13.1. The Hall–Kier alpha value is -0.530. The van der Waals surface area contributed by atoms with Crippen molar-refractivity contribution in [2.75, 3.05) is 13.1 Å². The zero-order valence-electron chi connectivity index (χ0n) is 7.81. The maximum absolute atomic E-state index is 11.1. The Morgan fingerprint density at radius 3 is 2.42 bits per heavy atom. The molecule has 1 spiro atoms. The van der Waals surface area contributed by atoms with Crippen LogP contribution in [0.2, 0.25) is 0 Å². The van der Waals surface area contributed by atoms with Gasteiger partial charge in [-0.25, -0.2) is 0 Å². The molecule has 1 saturated carbocycles. The zero-order valence-corrected chi connectivity index (χ0v) is 7.81. The summed E-state index contributed by atoms with van der Waals surface area (Å²) in [5.41, 5.74) is 0.547. The van der Waals surface area contributed by atoms with Crippen LogP contribution in [-0.2, 0) is 4.79 Å². The Morgan fingerprint density at radius 2 is 1.92 bits per heavy atom. The van der Waals surface area contributed by atoms with E-state index < -0.39 is 0 Å². The van der Waals surface area contributed by atoms with Gasteiger partial charge in [-0.05, 0) is 24.7 Å². The van der Waals surface area contributed by atoms with Gasteiger partial charge in [0.05, 0.1) is 0 Å². The van der Waals surface area contributed by atoms with Crippen LogP contribution in [0.1, 0.15) is 39.0 Å². The fourth-order valence-electron chi connectivity index (χ4n) is 2.74. The summed E-state index contributed by atoms with van der Waals surface area (Å²) in [7, 11) is 0. The van der Waals surface area contributed by atoms with E-state index in [0.717, 1.165) is 13.1 Å². The van der Waals surface area contributed by atoms with Crippen LogP contribution in [-0.4, -0.2) is 23.9 Å². The van der Waals surface area contributed by atoms with Gasteiger partial charge in [-0.2, -0.15) is 0 Å². The van der Waals surface area contributed by atoms with Crippen LogP contribution in [0, 0.1) is 5.41 Å². The summed E-state index contributed by atoms with van der Waals surface area (Å²) in [6, 6.07) is 0. The minimum Gasteiger partial charge on any atom is -0.342 e. The molecule has 0 unspecified atom stereocenters. The van der Waals surface area contributed by atoms with Crippen LogP contribution in [0.15, 0.2) is 0 Å². The Balaban J connectivity index is 2.01. The van der Waals surface area contributed by atoms with Gasteiger partial charge in [0.15, 0.2) is 0 Å². The highest BCUT2D eigenvalue weighted by Crippen LogP contribution is 2.45. The van der Waals surface area contributed by atoms with E-state index in [2.05, 4.69) is 0 Å². The van der Waals surface area contributed by atoms with Crippen molar-refractivity contribution in [2.45, 2.75) is 39.0 Å². The van der Waals surface area contributed by atoms with E-state index in [1.165, 1.54) is 32.1 Å². The standard InChI is InChI=1S/C10H17NO/c1-9(12)11-7-6-10(8-11)4-2-3-5-10/h2-8H2,1H3. The van der Waals surface area contributed by atoms with E-state index in [4.69, 9.17) is 0 Å². The third kappa shape index (κ3) is 1.23. The molecule has 0 aromatic heterocycles. The molecule has 0 N–H and O–H groups in total. The summed E-state index contributed by atoms with van der Waals surface area (Å²) in [6.45, 7) is 3.74. The maximum Gasteiger partial charge on any atom is 0.219 e. The molecule has 0 radical (unpaired) electrons. The average molecular weight is 167 g/mol. The van der Waals surface area contributed by atoms with Crippen molar-refractivity contribution in [1.29, 1.82) is 0 Å². The number of likely N-dealkylation sites (tertiary alicyclic amines) is 1. The number of amides is 1. The highest BCUT2D eigenvalue weighted by atomic mass is 16.2. The predicted octanol–water partition coefficient (Wildman–Crippen LogP) is 1.80. The molecule has 2 heteroatoms. The molecule has 68 valence electrons. The van der Waals surface area contributed by atoms with Crippen molar-refractivity contribution in [3.63, 3.8) is 0 Å². The molecule has 1 heterocycles. The van der Waals surface area contributed by atoms with E-state index in [9.17, 15) is 4.79 Å². The van der Waals surface area contributed by atoms with Crippen LogP contribution in [0.4, 0.5) is 0 Å². The van der Waals surface area contributed by atoms with Crippen molar-refractivity contribution in [2.24, 2.45) is 5.41 Å². The smallest absolute Gasteiger partial charge is 0.219 e. The average Bonchev–Trinajstić information content (AvgIpc) is 2.62. The van der Waals surface area contributed by atoms with Crippen molar-refractivity contribution in [3.05, 3.63) is 0 Å². The SMILES string of the molecule is CC(=O)N1CCC2(CCCC2)C1. The van der Waals surface area contributed by atoms with Crippen molar-refractivity contribution in [1.82, 2.24) is 4.90 Å². The second kappa shape index (κ2) is 2.75. The number of carbonyl (C=O) groups is 1. The van der Waals surface area contributed by atoms with Crippen molar-refractivity contribution in [3.8, 4) is 0 Å². The van der Waals surface area contributed by atoms with Crippen LogP contribution in [0.5, 0.6) is 0 Å². The second-order valence-electron chi connectivity index (χ2n) is 4.40. The quantitative estimate of drug-likeness (QED) is 0.538. The highest BCUT2D eigenvalue weighted by molar-refractivity contribution is 5.73. The molecule has 2 aliphatic rings. The first kappa shape index (κ1) is 8.09. The molecule has 2 rings (SSSR count). The first-order chi connectivity index (χ1) is 5.72.